The number of hydrogen-bond acceptors (Lipinski definition) is 3. The summed E-state index contributed by atoms with van der Waals surface area (Å²) in [7, 11) is 1.64. The van der Waals surface area contributed by atoms with Gasteiger partial charge in [-0.3, -0.25) is 9.69 Å². The van der Waals surface area contributed by atoms with Crippen molar-refractivity contribution in [2.75, 3.05) is 7.11 Å². The molecule has 1 heterocycles. The largest absolute Gasteiger partial charge is 0.497 e. The van der Waals surface area contributed by atoms with E-state index in [2.05, 4.69) is 6.07 Å². The van der Waals surface area contributed by atoms with Gasteiger partial charge in [0.25, 0.3) is 0 Å². The summed E-state index contributed by atoms with van der Waals surface area (Å²) in [5.41, 5.74) is 3.41. The summed E-state index contributed by atoms with van der Waals surface area (Å²) >= 11 is 0. The number of fused-ring (bicyclic) bond motifs is 1. The van der Waals surface area contributed by atoms with E-state index >= 15 is 0 Å². The molecule has 1 atom stereocenters. The third kappa shape index (κ3) is 2.97. The van der Waals surface area contributed by atoms with Crippen LogP contribution in [-0.4, -0.2) is 29.1 Å². The van der Waals surface area contributed by atoms with Crippen molar-refractivity contribution >= 4 is 5.97 Å². The Labute approximate surface area is 130 Å². The number of ether oxygens (including phenoxy) is 1. The molecular weight excluding hydrogens is 278 g/mol. The Morgan fingerprint density at radius 1 is 1.23 bits per heavy atom. The van der Waals surface area contributed by atoms with E-state index in [1.54, 1.807) is 7.11 Å². The van der Waals surface area contributed by atoms with Crippen LogP contribution in [0, 0.1) is 0 Å². The summed E-state index contributed by atoms with van der Waals surface area (Å²) in [5, 5.41) is 9.55. The minimum Gasteiger partial charge on any atom is -0.497 e. The molecule has 0 unspecified atom stereocenters. The number of carbonyl (C=O) groups is 1. The molecule has 2 aromatic carbocycles. The molecule has 4 nitrogen and oxygen atoms in total. The fraction of sp³-hybridized carbons (Fsp3) is 0.278. The molecular formula is C18H19NO3. The fourth-order valence-electron chi connectivity index (χ4n) is 2.99. The van der Waals surface area contributed by atoms with E-state index in [0.717, 1.165) is 16.9 Å². The molecule has 0 saturated heterocycles. The van der Waals surface area contributed by atoms with Crippen LogP contribution in [-0.2, 0) is 24.3 Å². The Bertz CT molecular complexity index is 684. The van der Waals surface area contributed by atoms with Crippen LogP contribution in [0.25, 0.3) is 0 Å². The lowest BCUT2D eigenvalue weighted by molar-refractivity contribution is -0.144. The fourth-order valence-corrected chi connectivity index (χ4v) is 2.99. The molecule has 0 fully saturated rings. The maximum Gasteiger partial charge on any atom is 0.321 e. The van der Waals surface area contributed by atoms with E-state index < -0.39 is 12.0 Å². The van der Waals surface area contributed by atoms with Gasteiger partial charge in [-0.25, -0.2) is 0 Å². The van der Waals surface area contributed by atoms with Crippen LogP contribution in [0.3, 0.4) is 0 Å². The van der Waals surface area contributed by atoms with Gasteiger partial charge in [0.15, 0.2) is 0 Å². The lowest BCUT2D eigenvalue weighted by Crippen LogP contribution is -2.44. The summed E-state index contributed by atoms with van der Waals surface area (Å²) < 4.78 is 5.24. The lowest BCUT2D eigenvalue weighted by Gasteiger charge is -2.34. The van der Waals surface area contributed by atoms with Crippen LogP contribution in [0.5, 0.6) is 5.75 Å². The molecule has 0 spiro atoms. The van der Waals surface area contributed by atoms with Gasteiger partial charge < -0.3 is 9.84 Å². The SMILES string of the molecule is COc1cccc(CN2Cc3ccccc3C[C@@H]2C(=O)O)c1. The zero-order chi connectivity index (χ0) is 15.5. The first-order valence-electron chi connectivity index (χ1n) is 7.34. The number of carboxylic acids is 1. The number of hydrogen-bond donors (Lipinski definition) is 1. The summed E-state index contributed by atoms with van der Waals surface area (Å²) in [4.78, 5) is 13.6. The third-order valence-electron chi connectivity index (χ3n) is 4.15. The first-order valence-corrected chi connectivity index (χ1v) is 7.34. The highest BCUT2D eigenvalue weighted by molar-refractivity contribution is 5.74. The van der Waals surface area contributed by atoms with Gasteiger partial charge in [-0.1, -0.05) is 36.4 Å². The zero-order valence-electron chi connectivity index (χ0n) is 12.5. The first kappa shape index (κ1) is 14.6. The van der Waals surface area contributed by atoms with E-state index in [4.69, 9.17) is 4.74 Å². The van der Waals surface area contributed by atoms with Crippen molar-refractivity contribution < 1.29 is 14.6 Å². The van der Waals surface area contributed by atoms with Crippen molar-refractivity contribution in [3.05, 3.63) is 65.2 Å². The Morgan fingerprint density at radius 2 is 2.00 bits per heavy atom. The number of aliphatic carboxylic acids is 1. The molecule has 0 aromatic heterocycles. The second kappa shape index (κ2) is 6.20. The molecule has 0 amide bonds. The van der Waals surface area contributed by atoms with Crippen LogP contribution in [0.15, 0.2) is 48.5 Å². The van der Waals surface area contributed by atoms with E-state index in [1.807, 2.05) is 47.4 Å². The molecule has 1 aliphatic heterocycles. The number of benzene rings is 2. The molecule has 2 aromatic rings. The van der Waals surface area contributed by atoms with Gasteiger partial charge in [0.2, 0.25) is 0 Å². The van der Waals surface area contributed by atoms with Gasteiger partial charge in [0.1, 0.15) is 11.8 Å². The van der Waals surface area contributed by atoms with Crippen LogP contribution in [0.1, 0.15) is 16.7 Å². The van der Waals surface area contributed by atoms with Crippen molar-refractivity contribution in [2.24, 2.45) is 0 Å². The number of methoxy groups -OCH3 is 1. The number of nitrogens with zero attached hydrogens (tertiary/aromatic N) is 1. The predicted molar refractivity (Wildman–Crippen MR) is 83.8 cm³/mol. The Balaban J connectivity index is 1.86. The average Bonchev–Trinajstić information content (AvgIpc) is 2.54. The highest BCUT2D eigenvalue weighted by Gasteiger charge is 2.31. The lowest BCUT2D eigenvalue weighted by atomic mass is 9.93. The molecule has 1 aliphatic rings. The normalized spacial score (nSPS) is 17.8. The maximum absolute atomic E-state index is 11.6. The quantitative estimate of drug-likeness (QED) is 0.942. The minimum atomic E-state index is -0.766. The molecule has 0 bridgehead atoms. The number of rotatable bonds is 4. The van der Waals surface area contributed by atoms with Gasteiger partial charge in [-0.2, -0.15) is 0 Å². The standard InChI is InChI=1S/C18H19NO3/c1-22-16-8-4-5-13(9-16)11-19-12-15-7-3-2-6-14(15)10-17(19)18(20)21/h2-9,17H,10-12H2,1H3,(H,20,21)/t17-/m1/s1. The molecule has 3 rings (SSSR count). The predicted octanol–water partition coefficient (Wildman–Crippen LogP) is 2.71. The van der Waals surface area contributed by atoms with Crippen molar-refractivity contribution in [1.82, 2.24) is 4.90 Å². The van der Waals surface area contributed by atoms with E-state index in [0.29, 0.717) is 19.5 Å². The summed E-state index contributed by atoms with van der Waals surface area (Å²) in [6.07, 6.45) is 0.551. The second-order valence-electron chi connectivity index (χ2n) is 5.58. The van der Waals surface area contributed by atoms with Gasteiger partial charge in [-0.15, -0.1) is 0 Å². The summed E-state index contributed by atoms with van der Waals surface area (Å²) in [5.74, 6) is 0.0270. The molecule has 22 heavy (non-hydrogen) atoms. The van der Waals surface area contributed by atoms with E-state index in [-0.39, 0.29) is 0 Å². The van der Waals surface area contributed by atoms with Crippen molar-refractivity contribution in [2.45, 2.75) is 25.6 Å². The molecule has 1 N–H and O–H groups in total. The van der Waals surface area contributed by atoms with Crippen LogP contribution in [0.4, 0.5) is 0 Å². The molecule has 0 aliphatic carbocycles. The van der Waals surface area contributed by atoms with Crippen molar-refractivity contribution in [3.8, 4) is 5.75 Å². The Hall–Kier alpha value is -2.33. The molecule has 4 heteroatoms. The van der Waals surface area contributed by atoms with E-state index in [9.17, 15) is 9.90 Å². The van der Waals surface area contributed by atoms with Crippen LogP contribution in [0.2, 0.25) is 0 Å². The molecule has 114 valence electrons. The highest BCUT2D eigenvalue weighted by Crippen LogP contribution is 2.26. The van der Waals surface area contributed by atoms with Gasteiger partial charge in [-0.05, 0) is 35.2 Å². The average molecular weight is 297 g/mol. The Kier molecular flexibility index (Phi) is 4.11. The number of carboxylic acid groups (broad SMARTS) is 1. The molecule has 0 saturated carbocycles. The third-order valence-corrected chi connectivity index (χ3v) is 4.15. The molecule has 0 radical (unpaired) electrons. The smallest absolute Gasteiger partial charge is 0.321 e. The van der Waals surface area contributed by atoms with Crippen LogP contribution < -0.4 is 4.74 Å². The second-order valence-corrected chi connectivity index (χ2v) is 5.58. The van der Waals surface area contributed by atoms with Gasteiger partial charge >= 0.3 is 5.97 Å². The minimum absolute atomic E-state index is 0.485. The zero-order valence-corrected chi connectivity index (χ0v) is 12.5. The van der Waals surface area contributed by atoms with E-state index in [1.165, 1.54) is 5.56 Å². The Morgan fingerprint density at radius 3 is 2.73 bits per heavy atom. The first-order chi connectivity index (χ1) is 10.7. The highest BCUT2D eigenvalue weighted by atomic mass is 16.5. The summed E-state index contributed by atoms with van der Waals surface area (Å²) in [6, 6.07) is 15.4. The monoisotopic (exact) mass is 297 g/mol. The van der Waals surface area contributed by atoms with Gasteiger partial charge in [0, 0.05) is 13.1 Å². The maximum atomic E-state index is 11.6. The van der Waals surface area contributed by atoms with Gasteiger partial charge in [0.05, 0.1) is 7.11 Å². The van der Waals surface area contributed by atoms with Crippen LogP contribution >= 0.6 is 0 Å². The topological polar surface area (TPSA) is 49.8 Å². The van der Waals surface area contributed by atoms with Crippen molar-refractivity contribution in [1.29, 1.82) is 0 Å². The summed E-state index contributed by atoms with van der Waals surface area (Å²) in [6.45, 7) is 1.26. The van der Waals surface area contributed by atoms with Crippen molar-refractivity contribution in [3.63, 3.8) is 0 Å².